The van der Waals surface area contributed by atoms with Crippen LogP contribution in [-0.2, 0) is 7.05 Å². The number of hydrogen-bond donors (Lipinski definition) is 0. The molecule has 10 heavy (non-hydrogen) atoms. The fourth-order valence-corrected chi connectivity index (χ4v) is 1.17. The monoisotopic (exact) mass is 210 g/mol. The molecule has 5 heteroatoms. The van der Waals surface area contributed by atoms with Gasteiger partial charge in [-0.3, -0.25) is 4.68 Å². The number of alkyl halides is 2. The number of hydrogen-bond acceptors (Lipinski definition) is 1. The highest BCUT2D eigenvalue weighted by molar-refractivity contribution is 9.10. The predicted octanol–water partition coefficient (Wildman–Crippen LogP) is 2.12. The highest BCUT2D eigenvalue weighted by Crippen LogP contribution is 2.24. The lowest BCUT2D eigenvalue weighted by molar-refractivity contribution is 0.144. The van der Waals surface area contributed by atoms with Crippen molar-refractivity contribution in [1.82, 2.24) is 9.78 Å². The first-order valence-corrected chi connectivity index (χ1v) is 3.37. The highest BCUT2D eigenvalue weighted by Gasteiger charge is 2.14. The van der Waals surface area contributed by atoms with E-state index < -0.39 is 6.43 Å². The van der Waals surface area contributed by atoms with Crippen LogP contribution in [0.3, 0.4) is 0 Å². The highest BCUT2D eigenvalue weighted by atomic mass is 79.9. The van der Waals surface area contributed by atoms with E-state index >= 15 is 0 Å². The molecule has 0 amide bonds. The second kappa shape index (κ2) is 2.65. The van der Waals surface area contributed by atoms with Crippen LogP contribution >= 0.6 is 15.9 Å². The molecule has 0 aliphatic carbocycles. The van der Waals surface area contributed by atoms with Gasteiger partial charge in [0, 0.05) is 13.2 Å². The van der Waals surface area contributed by atoms with E-state index in [1.54, 1.807) is 7.05 Å². The first kappa shape index (κ1) is 7.65. The van der Waals surface area contributed by atoms with Crippen molar-refractivity contribution in [3.05, 3.63) is 16.4 Å². The van der Waals surface area contributed by atoms with E-state index in [2.05, 4.69) is 21.0 Å². The van der Waals surface area contributed by atoms with Crippen molar-refractivity contribution in [3.63, 3.8) is 0 Å². The Hall–Kier alpha value is -0.450. The third-order valence-corrected chi connectivity index (χ3v) is 1.63. The fourth-order valence-electron chi connectivity index (χ4n) is 0.625. The molecule has 1 aromatic rings. The summed E-state index contributed by atoms with van der Waals surface area (Å²) in [6.45, 7) is 0. The molecule has 0 spiro atoms. The molecule has 0 N–H and O–H groups in total. The summed E-state index contributed by atoms with van der Waals surface area (Å²) in [5, 5.41) is 3.53. The van der Waals surface area contributed by atoms with Gasteiger partial charge in [-0.25, -0.2) is 8.78 Å². The van der Waals surface area contributed by atoms with Crippen molar-refractivity contribution in [1.29, 1.82) is 0 Å². The smallest absolute Gasteiger partial charge is 0.274 e. The van der Waals surface area contributed by atoms with E-state index in [-0.39, 0.29) is 5.69 Å². The molecule has 0 radical (unpaired) electrons. The van der Waals surface area contributed by atoms with Gasteiger partial charge < -0.3 is 0 Å². The molecule has 1 rings (SSSR count). The molecule has 1 aromatic heterocycles. The number of aromatic nitrogens is 2. The average Bonchev–Trinajstić information content (AvgIpc) is 2.10. The van der Waals surface area contributed by atoms with Crippen LogP contribution in [0.2, 0.25) is 0 Å². The minimum Gasteiger partial charge on any atom is -0.274 e. The van der Waals surface area contributed by atoms with Gasteiger partial charge in [-0.2, -0.15) is 5.10 Å². The van der Waals surface area contributed by atoms with E-state index in [0.717, 1.165) is 0 Å². The summed E-state index contributed by atoms with van der Waals surface area (Å²) in [6, 6.07) is 0. The van der Waals surface area contributed by atoms with Crippen LogP contribution in [0, 0.1) is 0 Å². The summed E-state index contributed by atoms with van der Waals surface area (Å²) in [7, 11) is 1.59. The van der Waals surface area contributed by atoms with Crippen LogP contribution in [0.1, 0.15) is 12.1 Å². The fraction of sp³-hybridized carbons (Fsp3) is 0.400. The van der Waals surface area contributed by atoms with Gasteiger partial charge in [0.15, 0.2) is 0 Å². The van der Waals surface area contributed by atoms with Crippen molar-refractivity contribution in [2.45, 2.75) is 6.43 Å². The molecular formula is C5H5BrF2N2. The zero-order chi connectivity index (χ0) is 7.72. The number of rotatable bonds is 1. The molecule has 2 nitrogen and oxygen atoms in total. The Morgan fingerprint density at radius 2 is 2.30 bits per heavy atom. The Bertz CT molecular complexity index is 234. The SMILES string of the molecule is Cn1cc(Br)c(C(F)F)n1. The Morgan fingerprint density at radius 3 is 2.50 bits per heavy atom. The molecule has 0 fully saturated rings. The summed E-state index contributed by atoms with van der Waals surface area (Å²) in [4.78, 5) is 0. The first-order valence-electron chi connectivity index (χ1n) is 2.58. The Kier molecular flexibility index (Phi) is 2.03. The molecular weight excluding hydrogens is 206 g/mol. The maximum Gasteiger partial charge on any atom is 0.283 e. The van der Waals surface area contributed by atoms with Crippen molar-refractivity contribution >= 4 is 15.9 Å². The van der Waals surface area contributed by atoms with Crippen LogP contribution < -0.4 is 0 Å². The maximum atomic E-state index is 11.9. The van der Waals surface area contributed by atoms with Crippen LogP contribution in [0.5, 0.6) is 0 Å². The van der Waals surface area contributed by atoms with Crippen molar-refractivity contribution in [2.24, 2.45) is 7.05 Å². The van der Waals surface area contributed by atoms with Crippen LogP contribution in [0.15, 0.2) is 10.7 Å². The Balaban J connectivity index is 3.03. The summed E-state index contributed by atoms with van der Waals surface area (Å²) in [6.07, 6.45) is -1.02. The molecule has 0 aliphatic rings. The van der Waals surface area contributed by atoms with Crippen molar-refractivity contribution < 1.29 is 8.78 Å². The van der Waals surface area contributed by atoms with Crippen molar-refractivity contribution in [2.75, 3.05) is 0 Å². The van der Waals surface area contributed by atoms with Crippen LogP contribution in [-0.4, -0.2) is 9.78 Å². The van der Waals surface area contributed by atoms with Crippen molar-refractivity contribution in [3.8, 4) is 0 Å². The lowest BCUT2D eigenvalue weighted by atomic mass is 10.5. The van der Waals surface area contributed by atoms with Crippen LogP contribution in [0.4, 0.5) is 8.78 Å². The van der Waals surface area contributed by atoms with E-state index in [4.69, 9.17) is 0 Å². The van der Waals surface area contributed by atoms with Gasteiger partial charge in [0.25, 0.3) is 6.43 Å². The molecule has 0 unspecified atom stereocenters. The minimum absolute atomic E-state index is 0.206. The summed E-state index contributed by atoms with van der Waals surface area (Å²) >= 11 is 2.95. The average molecular weight is 211 g/mol. The topological polar surface area (TPSA) is 17.8 Å². The molecule has 0 bridgehead atoms. The van der Waals surface area contributed by atoms with Gasteiger partial charge in [0.1, 0.15) is 5.69 Å². The maximum absolute atomic E-state index is 11.9. The Labute approximate surface area is 65.0 Å². The van der Waals surface area contributed by atoms with E-state index in [0.29, 0.717) is 4.47 Å². The lowest BCUT2D eigenvalue weighted by Gasteiger charge is -1.90. The molecule has 0 aliphatic heterocycles. The van der Waals surface area contributed by atoms with E-state index in [1.165, 1.54) is 10.9 Å². The number of nitrogens with zero attached hydrogens (tertiary/aromatic N) is 2. The van der Waals surface area contributed by atoms with Gasteiger partial charge in [0.2, 0.25) is 0 Å². The van der Waals surface area contributed by atoms with Gasteiger partial charge in [-0.15, -0.1) is 0 Å². The van der Waals surface area contributed by atoms with Gasteiger partial charge >= 0.3 is 0 Å². The Morgan fingerprint density at radius 1 is 1.70 bits per heavy atom. The molecule has 56 valence electrons. The normalized spacial score (nSPS) is 10.9. The first-order chi connectivity index (χ1) is 4.61. The second-order valence-corrected chi connectivity index (χ2v) is 2.69. The zero-order valence-electron chi connectivity index (χ0n) is 5.18. The predicted molar refractivity (Wildman–Crippen MR) is 35.9 cm³/mol. The third-order valence-electron chi connectivity index (χ3n) is 1.02. The number of halogens is 3. The summed E-state index contributed by atoms with van der Waals surface area (Å²) in [5.41, 5.74) is -0.206. The van der Waals surface area contributed by atoms with Gasteiger partial charge in [-0.05, 0) is 15.9 Å². The van der Waals surface area contributed by atoms with E-state index in [1.807, 2.05) is 0 Å². The molecule has 0 atom stereocenters. The molecule has 0 aromatic carbocycles. The molecule has 0 saturated heterocycles. The van der Waals surface area contributed by atoms with E-state index in [9.17, 15) is 8.78 Å². The standard InChI is InChI=1S/C5H5BrF2N2/c1-10-2-3(6)4(9-10)5(7)8/h2,5H,1H3. The quantitative estimate of drug-likeness (QED) is 0.695. The summed E-state index contributed by atoms with van der Waals surface area (Å²) in [5.74, 6) is 0. The van der Waals surface area contributed by atoms with Gasteiger partial charge in [0.05, 0.1) is 4.47 Å². The number of aryl methyl sites for hydroxylation is 1. The lowest BCUT2D eigenvalue weighted by Crippen LogP contribution is -1.90. The zero-order valence-corrected chi connectivity index (χ0v) is 6.77. The van der Waals surface area contributed by atoms with Crippen LogP contribution in [0.25, 0.3) is 0 Å². The third kappa shape index (κ3) is 1.34. The second-order valence-electron chi connectivity index (χ2n) is 1.84. The largest absolute Gasteiger partial charge is 0.283 e. The molecule has 0 saturated carbocycles. The van der Waals surface area contributed by atoms with Gasteiger partial charge in [-0.1, -0.05) is 0 Å². The molecule has 1 heterocycles. The summed E-state index contributed by atoms with van der Waals surface area (Å²) < 4.78 is 25.6. The minimum atomic E-state index is -2.50.